The summed E-state index contributed by atoms with van der Waals surface area (Å²) < 4.78 is 30.1. The molecule has 0 spiro atoms. The first-order valence-electron chi connectivity index (χ1n) is 6.77. The minimum Gasteiger partial charge on any atom is -0.358 e. The van der Waals surface area contributed by atoms with Crippen molar-refractivity contribution in [2.45, 2.75) is 32.0 Å². The monoisotopic (exact) mass is 284 g/mol. The van der Waals surface area contributed by atoms with Gasteiger partial charge in [-0.05, 0) is 32.3 Å². The van der Waals surface area contributed by atoms with Crippen LogP contribution in [0.3, 0.4) is 0 Å². The maximum Gasteiger partial charge on any atom is 0.366 e. The molecule has 19 heavy (non-hydrogen) atoms. The van der Waals surface area contributed by atoms with Crippen molar-refractivity contribution in [2.75, 3.05) is 19.8 Å². The first-order chi connectivity index (χ1) is 9.18. The Kier molecular flexibility index (Phi) is 4.80. The normalized spacial score (nSPS) is 23.7. The lowest BCUT2D eigenvalue weighted by Gasteiger charge is -2.35. The van der Waals surface area contributed by atoms with Gasteiger partial charge in [-0.1, -0.05) is 30.3 Å². The highest BCUT2D eigenvalue weighted by molar-refractivity contribution is 7.55. The molecule has 0 radical (unpaired) electrons. The molecule has 0 aromatic heterocycles. The van der Waals surface area contributed by atoms with Crippen LogP contribution in [0.2, 0.25) is 0 Å². The Hall–Kier alpha value is -0.670. The molecule has 1 atom stereocenters. The first-order valence-corrected chi connectivity index (χ1v) is 8.31. The van der Waals surface area contributed by atoms with Crippen molar-refractivity contribution in [1.29, 1.82) is 0 Å². The summed E-state index contributed by atoms with van der Waals surface area (Å²) in [6.45, 7) is 4.90. The zero-order valence-corrected chi connectivity index (χ0v) is 12.4. The van der Waals surface area contributed by atoms with E-state index in [1.807, 2.05) is 44.2 Å². The third-order valence-corrected chi connectivity index (χ3v) is 5.96. The van der Waals surface area contributed by atoms with Gasteiger partial charge in [0.2, 0.25) is 0 Å². The molecule has 4 nitrogen and oxygen atoms in total. The van der Waals surface area contributed by atoms with Gasteiger partial charge in [0.25, 0.3) is 0 Å². The van der Waals surface area contributed by atoms with Crippen molar-refractivity contribution in [1.82, 2.24) is 0 Å². The number of hydrogen-bond donors (Lipinski definition) is 0. The summed E-state index contributed by atoms with van der Waals surface area (Å²) >= 11 is 0. The van der Waals surface area contributed by atoms with Gasteiger partial charge in [-0.2, -0.15) is 0 Å². The van der Waals surface area contributed by atoms with Gasteiger partial charge >= 0.3 is 7.60 Å². The lowest BCUT2D eigenvalue weighted by molar-refractivity contribution is 0.0320. The molecule has 1 heterocycles. The van der Waals surface area contributed by atoms with E-state index in [2.05, 4.69) is 0 Å². The van der Waals surface area contributed by atoms with Crippen LogP contribution in [0.5, 0.6) is 0 Å². The Morgan fingerprint density at radius 1 is 1.21 bits per heavy atom. The second-order valence-corrected chi connectivity index (χ2v) is 6.67. The summed E-state index contributed by atoms with van der Waals surface area (Å²) in [4.78, 5) is 0. The molecule has 106 valence electrons. The maximum atomic E-state index is 13.2. The van der Waals surface area contributed by atoms with E-state index < -0.39 is 12.9 Å². The molecule has 0 saturated carbocycles. The SMILES string of the molecule is CCOP(=O)(OCC)C1(c2ccccc2)CCCO1. The van der Waals surface area contributed by atoms with Crippen molar-refractivity contribution in [3.8, 4) is 0 Å². The Morgan fingerprint density at radius 2 is 1.84 bits per heavy atom. The van der Waals surface area contributed by atoms with Gasteiger partial charge in [-0.3, -0.25) is 4.57 Å². The van der Waals surface area contributed by atoms with E-state index in [-0.39, 0.29) is 0 Å². The van der Waals surface area contributed by atoms with Gasteiger partial charge in [-0.25, -0.2) is 0 Å². The fourth-order valence-electron chi connectivity index (χ4n) is 2.51. The van der Waals surface area contributed by atoms with E-state index in [0.29, 0.717) is 26.2 Å². The molecule has 1 aliphatic heterocycles. The Balaban J connectivity index is 2.46. The average molecular weight is 284 g/mol. The molecular formula is C14H21O4P. The summed E-state index contributed by atoms with van der Waals surface area (Å²) in [6.07, 6.45) is 1.52. The lowest BCUT2D eigenvalue weighted by atomic mass is 10.1. The third kappa shape index (κ3) is 2.63. The molecular weight excluding hydrogens is 263 g/mol. The number of benzene rings is 1. The van der Waals surface area contributed by atoms with Crippen LogP contribution in [-0.2, 0) is 23.7 Å². The van der Waals surface area contributed by atoms with Gasteiger partial charge < -0.3 is 13.8 Å². The first kappa shape index (κ1) is 14.7. The van der Waals surface area contributed by atoms with Crippen molar-refractivity contribution in [2.24, 2.45) is 0 Å². The largest absolute Gasteiger partial charge is 0.366 e. The second-order valence-electron chi connectivity index (χ2n) is 4.44. The highest BCUT2D eigenvalue weighted by Gasteiger charge is 2.55. The molecule has 1 aromatic rings. The summed E-state index contributed by atoms with van der Waals surface area (Å²) in [5.41, 5.74) is 0.873. The molecule has 1 unspecified atom stereocenters. The molecule has 1 fully saturated rings. The minimum absolute atomic E-state index is 0.342. The molecule has 1 saturated heterocycles. The van der Waals surface area contributed by atoms with Crippen LogP contribution in [0.1, 0.15) is 32.3 Å². The van der Waals surface area contributed by atoms with E-state index in [4.69, 9.17) is 13.8 Å². The summed E-state index contributed by atoms with van der Waals surface area (Å²) in [5, 5.41) is -0.944. The van der Waals surface area contributed by atoms with Crippen molar-refractivity contribution in [3.05, 3.63) is 35.9 Å². The molecule has 5 heteroatoms. The molecule has 0 aliphatic carbocycles. The fraction of sp³-hybridized carbons (Fsp3) is 0.571. The van der Waals surface area contributed by atoms with Crippen LogP contribution in [0, 0.1) is 0 Å². The topological polar surface area (TPSA) is 44.8 Å². The molecule has 1 aromatic carbocycles. The van der Waals surface area contributed by atoms with Crippen LogP contribution in [-0.4, -0.2) is 19.8 Å². The zero-order chi connectivity index (χ0) is 13.8. The van der Waals surface area contributed by atoms with E-state index in [1.165, 1.54) is 0 Å². The number of rotatable bonds is 6. The zero-order valence-electron chi connectivity index (χ0n) is 11.5. The Morgan fingerprint density at radius 3 is 2.32 bits per heavy atom. The number of ether oxygens (including phenoxy) is 1. The minimum atomic E-state index is -3.34. The second kappa shape index (κ2) is 6.19. The molecule has 0 bridgehead atoms. The van der Waals surface area contributed by atoms with Crippen LogP contribution in [0.25, 0.3) is 0 Å². The van der Waals surface area contributed by atoms with Gasteiger partial charge in [0.05, 0.1) is 13.2 Å². The smallest absolute Gasteiger partial charge is 0.358 e. The highest BCUT2D eigenvalue weighted by atomic mass is 31.2. The van der Waals surface area contributed by atoms with Gasteiger partial charge in [0, 0.05) is 6.61 Å². The summed E-state index contributed by atoms with van der Waals surface area (Å²) in [6, 6.07) is 9.62. The third-order valence-electron chi connectivity index (χ3n) is 3.27. The highest BCUT2D eigenvalue weighted by Crippen LogP contribution is 2.68. The lowest BCUT2D eigenvalue weighted by Crippen LogP contribution is -2.27. The molecule has 2 rings (SSSR count). The van der Waals surface area contributed by atoms with Gasteiger partial charge in [0.1, 0.15) is 0 Å². The predicted octanol–water partition coefficient (Wildman–Crippen LogP) is 3.92. The van der Waals surface area contributed by atoms with E-state index in [0.717, 1.165) is 12.0 Å². The van der Waals surface area contributed by atoms with E-state index in [1.54, 1.807) is 0 Å². The predicted molar refractivity (Wildman–Crippen MR) is 74.2 cm³/mol. The van der Waals surface area contributed by atoms with Crippen LogP contribution >= 0.6 is 7.60 Å². The Bertz CT molecular complexity index is 430. The summed E-state index contributed by atoms with van der Waals surface area (Å²) in [5.74, 6) is 0. The van der Waals surface area contributed by atoms with Gasteiger partial charge in [0.15, 0.2) is 5.34 Å². The van der Waals surface area contributed by atoms with Gasteiger partial charge in [-0.15, -0.1) is 0 Å². The standard InChI is InChI=1S/C14H21O4P/c1-3-17-19(15,18-4-2)14(11-8-12-16-14)13-9-6-5-7-10-13/h5-7,9-10H,3-4,8,11-12H2,1-2H3. The van der Waals surface area contributed by atoms with Crippen LogP contribution in [0.4, 0.5) is 0 Å². The van der Waals surface area contributed by atoms with E-state index >= 15 is 0 Å². The molecule has 0 amide bonds. The van der Waals surface area contributed by atoms with E-state index in [9.17, 15) is 4.57 Å². The summed E-state index contributed by atoms with van der Waals surface area (Å²) in [7, 11) is -3.34. The Labute approximate surface area is 114 Å². The van der Waals surface area contributed by atoms with Crippen molar-refractivity contribution in [3.63, 3.8) is 0 Å². The fourth-order valence-corrected chi connectivity index (χ4v) is 4.83. The molecule has 0 N–H and O–H groups in total. The van der Waals surface area contributed by atoms with Crippen molar-refractivity contribution >= 4 is 7.60 Å². The van der Waals surface area contributed by atoms with Crippen LogP contribution in [0.15, 0.2) is 30.3 Å². The van der Waals surface area contributed by atoms with Crippen molar-refractivity contribution < 1.29 is 18.3 Å². The van der Waals surface area contributed by atoms with Crippen LogP contribution < -0.4 is 0 Å². The average Bonchev–Trinajstić information content (AvgIpc) is 2.91. The molecule has 1 aliphatic rings. The maximum absolute atomic E-state index is 13.2. The number of hydrogen-bond acceptors (Lipinski definition) is 4. The quantitative estimate of drug-likeness (QED) is 0.743.